The molecule has 2 nitrogen and oxygen atoms in total. The molecule has 0 saturated carbocycles. The summed E-state index contributed by atoms with van der Waals surface area (Å²) in [5, 5.41) is 2.05. The van der Waals surface area contributed by atoms with Gasteiger partial charge in [0, 0.05) is 10.9 Å². The van der Waals surface area contributed by atoms with Crippen molar-refractivity contribution in [3.63, 3.8) is 0 Å². The number of hydrogen-bond donors (Lipinski definition) is 1. The summed E-state index contributed by atoms with van der Waals surface area (Å²) in [7, 11) is 0. The van der Waals surface area contributed by atoms with Gasteiger partial charge in [0.1, 0.15) is 12.4 Å². The largest absolute Gasteiger partial charge is 0.488 e. The average Bonchev–Trinajstić information content (AvgIpc) is 2.80. The van der Waals surface area contributed by atoms with Crippen LogP contribution in [0.3, 0.4) is 0 Å². The molecule has 84 valence electrons. The van der Waals surface area contributed by atoms with Crippen LogP contribution in [0.5, 0.6) is 5.75 Å². The maximum Gasteiger partial charge on any atom is 0.122 e. The Morgan fingerprint density at radius 1 is 1.25 bits per heavy atom. The fraction of sp³-hybridized carbons (Fsp3) is 0.231. The van der Waals surface area contributed by atoms with E-state index in [-0.39, 0.29) is 6.04 Å². The Labute approximate surface area is 99.7 Å². The number of nitrogens with two attached hydrogens (primary N) is 1. The van der Waals surface area contributed by atoms with Gasteiger partial charge >= 0.3 is 0 Å². The first-order valence-corrected chi connectivity index (χ1v) is 6.14. The van der Waals surface area contributed by atoms with E-state index in [1.54, 1.807) is 11.3 Å². The maximum atomic E-state index is 5.78. The molecule has 0 spiro atoms. The zero-order valence-electron chi connectivity index (χ0n) is 9.22. The fourth-order valence-corrected chi connectivity index (χ4v) is 2.03. The highest BCUT2D eigenvalue weighted by Gasteiger charge is 2.00. The van der Waals surface area contributed by atoms with Crippen molar-refractivity contribution >= 4 is 11.3 Å². The van der Waals surface area contributed by atoms with E-state index in [1.165, 1.54) is 4.88 Å². The summed E-state index contributed by atoms with van der Waals surface area (Å²) in [5.74, 6) is 0.887. The molecule has 2 rings (SSSR count). The standard InChI is InChI=1S/C13H15NOS/c1-10(14)11-4-6-12(7-5-11)15-9-13-3-2-8-16-13/h2-8,10H,9,14H2,1H3. The Balaban J connectivity index is 1.95. The van der Waals surface area contributed by atoms with Crippen molar-refractivity contribution in [3.05, 3.63) is 52.2 Å². The van der Waals surface area contributed by atoms with Crippen LogP contribution in [0, 0.1) is 0 Å². The molecule has 0 aliphatic rings. The van der Waals surface area contributed by atoms with Crippen LogP contribution in [0.25, 0.3) is 0 Å². The molecule has 1 unspecified atom stereocenters. The van der Waals surface area contributed by atoms with E-state index < -0.39 is 0 Å². The van der Waals surface area contributed by atoms with E-state index in [2.05, 4.69) is 11.4 Å². The van der Waals surface area contributed by atoms with Crippen LogP contribution in [0.1, 0.15) is 23.4 Å². The van der Waals surface area contributed by atoms with Crippen molar-refractivity contribution in [2.45, 2.75) is 19.6 Å². The van der Waals surface area contributed by atoms with Crippen molar-refractivity contribution in [3.8, 4) is 5.75 Å². The van der Waals surface area contributed by atoms with E-state index in [0.717, 1.165) is 11.3 Å². The van der Waals surface area contributed by atoms with E-state index in [0.29, 0.717) is 6.61 Å². The maximum absolute atomic E-state index is 5.78. The number of rotatable bonds is 4. The van der Waals surface area contributed by atoms with Gasteiger partial charge in [0.25, 0.3) is 0 Å². The second kappa shape index (κ2) is 5.14. The molecule has 0 bridgehead atoms. The highest BCUT2D eigenvalue weighted by Crippen LogP contribution is 2.18. The molecular formula is C13H15NOS. The third-order valence-electron chi connectivity index (χ3n) is 2.37. The third kappa shape index (κ3) is 2.84. The third-order valence-corrected chi connectivity index (χ3v) is 3.22. The summed E-state index contributed by atoms with van der Waals surface area (Å²) in [6, 6.07) is 12.1. The van der Waals surface area contributed by atoms with Crippen LogP contribution in [0.4, 0.5) is 0 Å². The lowest BCUT2D eigenvalue weighted by atomic mass is 10.1. The van der Waals surface area contributed by atoms with Gasteiger partial charge in [-0.05, 0) is 36.1 Å². The number of ether oxygens (including phenoxy) is 1. The van der Waals surface area contributed by atoms with Crippen molar-refractivity contribution in [1.29, 1.82) is 0 Å². The summed E-state index contributed by atoms with van der Waals surface area (Å²) >= 11 is 1.71. The SMILES string of the molecule is CC(N)c1ccc(OCc2cccs2)cc1. The zero-order chi connectivity index (χ0) is 11.4. The highest BCUT2D eigenvalue weighted by atomic mass is 32.1. The minimum Gasteiger partial charge on any atom is -0.488 e. The lowest BCUT2D eigenvalue weighted by Gasteiger charge is -2.08. The van der Waals surface area contributed by atoms with Crippen LogP contribution >= 0.6 is 11.3 Å². The summed E-state index contributed by atoms with van der Waals surface area (Å²) in [6.45, 7) is 2.61. The quantitative estimate of drug-likeness (QED) is 0.879. The Hall–Kier alpha value is -1.32. The van der Waals surface area contributed by atoms with Crippen molar-refractivity contribution in [1.82, 2.24) is 0 Å². The molecule has 0 radical (unpaired) electrons. The van der Waals surface area contributed by atoms with E-state index in [9.17, 15) is 0 Å². The Bertz CT molecular complexity index is 420. The molecule has 2 N–H and O–H groups in total. The Kier molecular flexibility index (Phi) is 3.59. The van der Waals surface area contributed by atoms with E-state index >= 15 is 0 Å². The Morgan fingerprint density at radius 3 is 2.56 bits per heavy atom. The molecule has 16 heavy (non-hydrogen) atoms. The molecule has 0 fully saturated rings. The van der Waals surface area contributed by atoms with Crippen LogP contribution in [-0.2, 0) is 6.61 Å². The van der Waals surface area contributed by atoms with Gasteiger partial charge < -0.3 is 10.5 Å². The van der Waals surface area contributed by atoms with Crippen LogP contribution in [-0.4, -0.2) is 0 Å². The minimum absolute atomic E-state index is 0.0753. The lowest BCUT2D eigenvalue weighted by Crippen LogP contribution is -2.04. The molecule has 1 aromatic carbocycles. The van der Waals surface area contributed by atoms with E-state index in [1.807, 2.05) is 37.3 Å². The minimum atomic E-state index is 0.0753. The first kappa shape index (κ1) is 11.2. The van der Waals surface area contributed by atoms with Crippen molar-refractivity contribution < 1.29 is 4.74 Å². The lowest BCUT2D eigenvalue weighted by molar-refractivity contribution is 0.309. The summed E-state index contributed by atoms with van der Waals surface area (Å²) in [6.07, 6.45) is 0. The summed E-state index contributed by atoms with van der Waals surface area (Å²) in [4.78, 5) is 1.23. The number of thiophene rings is 1. The fourth-order valence-electron chi connectivity index (χ4n) is 1.42. The van der Waals surface area contributed by atoms with Gasteiger partial charge in [-0.2, -0.15) is 0 Å². The average molecular weight is 233 g/mol. The molecule has 1 aromatic heterocycles. The molecule has 1 atom stereocenters. The Morgan fingerprint density at radius 2 is 2.00 bits per heavy atom. The molecule has 0 saturated heterocycles. The molecular weight excluding hydrogens is 218 g/mol. The van der Waals surface area contributed by atoms with Gasteiger partial charge in [-0.15, -0.1) is 11.3 Å². The smallest absolute Gasteiger partial charge is 0.122 e. The molecule has 0 aliphatic heterocycles. The van der Waals surface area contributed by atoms with Gasteiger partial charge in [0.2, 0.25) is 0 Å². The van der Waals surface area contributed by atoms with Crippen LogP contribution in [0.2, 0.25) is 0 Å². The van der Waals surface area contributed by atoms with Gasteiger partial charge in [-0.3, -0.25) is 0 Å². The van der Waals surface area contributed by atoms with Crippen LogP contribution in [0.15, 0.2) is 41.8 Å². The van der Waals surface area contributed by atoms with Gasteiger partial charge in [-0.25, -0.2) is 0 Å². The molecule has 2 aromatic rings. The molecule has 3 heteroatoms. The number of benzene rings is 1. The van der Waals surface area contributed by atoms with Gasteiger partial charge in [0.15, 0.2) is 0 Å². The first-order valence-electron chi connectivity index (χ1n) is 5.26. The predicted octanol–water partition coefficient (Wildman–Crippen LogP) is 3.35. The second-order valence-corrected chi connectivity index (χ2v) is 4.76. The van der Waals surface area contributed by atoms with Crippen molar-refractivity contribution in [2.24, 2.45) is 5.73 Å². The van der Waals surface area contributed by atoms with Crippen molar-refractivity contribution in [2.75, 3.05) is 0 Å². The molecule has 0 aliphatic carbocycles. The predicted molar refractivity (Wildman–Crippen MR) is 67.7 cm³/mol. The monoisotopic (exact) mass is 233 g/mol. The summed E-state index contributed by atoms with van der Waals surface area (Å²) < 4.78 is 5.65. The zero-order valence-corrected chi connectivity index (χ0v) is 10.0. The first-order chi connectivity index (χ1) is 7.75. The topological polar surface area (TPSA) is 35.2 Å². The van der Waals surface area contributed by atoms with Crippen LogP contribution < -0.4 is 10.5 Å². The van der Waals surface area contributed by atoms with E-state index in [4.69, 9.17) is 10.5 Å². The van der Waals surface area contributed by atoms with Gasteiger partial charge in [-0.1, -0.05) is 18.2 Å². The highest BCUT2D eigenvalue weighted by molar-refractivity contribution is 7.09. The van der Waals surface area contributed by atoms with Gasteiger partial charge in [0.05, 0.1) is 0 Å². The molecule has 1 heterocycles. The summed E-state index contributed by atoms with van der Waals surface area (Å²) in [5.41, 5.74) is 6.90. The second-order valence-electron chi connectivity index (χ2n) is 3.73. The number of hydrogen-bond acceptors (Lipinski definition) is 3. The normalized spacial score (nSPS) is 12.4. The molecule has 0 amide bonds.